The van der Waals surface area contributed by atoms with Gasteiger partial charge in [-0.2, -0.15) is 0 Å². The Labute approximate surface area is 96.8 Å². The number of hydrogen-bond acceptors (Lipinski definition) is 3. The Balaban J connectivity index is 1.62. The number of likely N-dealkylation sites (N-methyl/N-ethyl adjacent to an activating group) is 1. The van der Waals surface area contributed by atoms with Crippen molar-refractivity contribution in [1.29, 1.82) is 0 Å². The van der Waals surface area contributed by atoms with Crippen LogP contribution in [-0.4, -0.2) is 42.0 Å². The number of hydrogen-bond donors (Lipinski definition) is 1. The van der Waals surface area contributed by atoms with Gasteiger partial charge in [0.1, 0.15) is 0 Å². The molecule has 3 nitrogen and oxygen atoms in total. The fourth-order valence-electron chi connectivity index (χ4n) is 2.89. The van der Waals surface area contributed by atoms with Gasteiger partial charge in [-0.05, 0) is 31.2 Å². The summed E-state index contributed by atoms with van der Waals surface area (Å²) in [5.41, 5.74) is 7.91. The monoisotopic (exact) mass is 217 g/mol. The van der Waals surface area contributed by atoms with Gasteiger partial charge in [0.2, 0.25) is 0 Å². The minimum Gasteiger partial charge on any atom is -0.399 e. The maximum atomic E-state index is 5.69. The molecule has 86 valence electrons. The van der Waals surface area contributed by atoms with E-state index in [0.717, 1.165) is 24.3 Å². The molecule has 1 aromatic rings. The number of fused-ring (bicyclic) bond motifs is 2. The van der Waals surface area contributed by atoms with E-state index >= 15 is 0 Å². The summed E-state index contributed by atoms with van der Waals surface area (Å²) in [4.78, 5) is 5.07. The van der Waals surface area contributed by atoms with Gasteiger partial charge in [0.05, 0.1) is 0 Å². The maximum absolute atomic E-state index is 5.69. The lowest BCUT2D eigenvalue weighted by molar-refractivity contribution is -0.0532. The highest BCUT2D eigenvalue weighted by Crippen LogP contribution is 2.30. The predicted octanol–water partition coefficient (Wildman–Crippen LogP) is 1.16. The molecule has 16 heavy (non-hydrogen) atoms. The summed E-state index contributed by atoms with van der Waals surface area (Å²) in [7, 11) is 2.25. The standard InChI is InChI=1S/C13H19N3/c1-15-12-6-13(15)9-16(8-12)7-10-2-4-11(14)5-3-10/h2-5,12-13H,6-9,14H2,1H3. The molecule has 3 saturated heterocycles. The Morgan fingerprint density at radius 1 is 1.19 bits per heavy atom. The Morgan fingerprint density at radius 3 is 2.38 bits per heavy atom. The molecule has 0 amide bonds. The number of anilines is 1. The van der Waals surface area contributed by atoms with Crippen LogP contribution in [0.4, 0.5) is 5.69 Å². The van der Waals surface area contributed by atoms with Crippen LogP contribution >= 0.6 is 0 Å². The lowest BCUT2D eigenvalue weighted by Gasteiger charge is -2.55. The summed E-state index contributed by atoms with van der Waals surface area (Å²) >= 11 is 0. The van der Waals surface area contributed by atoms with Gasteiger partial charge in [-0.25, -0.2) is 0 Å². The van der Waals surface area contributed by atoms with E-state index in [1.54, 1.807) is 0 Å². The number of piperidine rings is 1. The molecule has 3 heteroatoms. The van der Waals surface area contributed by atoms with Crippen LogP contribution in [0.25, 0.3) is 0 Å². The first-order valence-corrected chi connectivity index (χ1v) is 6.01. The molecule has 0 spiro atoms. The van der Waals surface area contributed by atoms with Crippen molar-refractivity contribution in [2.75, 3.05) is 25.9 Å². The molecule has 0 saturated carbocycles. The van der Waals surface area contributed by atoms with Crippen LogP contribution in [0.15, 0.2) is 24.3 Å². The lowest BCUT2D eigenvalue weighted by atomic mass is 9.88. The van der Waals surface area contributed by atoms with Crippen LogP contribution in [0.5, 0.6) is 0 Å². The van der Waals surface area contributed by atoms with Crippen molar-refractivity contribution in [2.45, 2.75) is 25.0 Å². The first-order valence-electron chi connectivity index (χ1n) is 6.01. The van der Waals surface area contributed by atoms with Gasteiger partial charge < -0.3 is 5.73 Å². The second-order valence-corrected chi connectivity index (χ2v) is 5.14. The van der Waals surface area contributed by atoms with Gasteiger partial charge >= 0.3 is 0 Å². The van der Waals surface area contributed by atoms with Gasteiger partial charge in [-0.3, -0.25) is 9.80 Å². The van der Waals surface area contributed by atoms with Crippen molar-refractivity contribution in [3.63, 3.8) is 0 Å². The number of benzene rings is 1. The molecular weight excluding hydrogens is 198 g/mol. The van der Waals surface area contributed by atoms with E-state index in [-0.39, 0.29) is 0 Å². The maximum Gasteiger partial charge on any atom is 0.0314 e. The predicted molar refractivity (Wildman–Crippen MR) is 66.1 cm³/mol. The van der Waals surface area contributed by atoms with Gasteiger partial charge in [0.25, 0.3) is 0 Å². The number of rotatable bonds is 2. The molecule has 4 rings (SSSR count). The van der Waals surface area contributed by atoms with Crippen molar-refractivity contribution in [3.05, 3.63) is 29.8 Å². The van der Waals surface area contributed by atoms with Crippen LogP contribution in [0.2, 0.25) is 0 Å². The average molecular weight is 217 g/mol. The molecule has 2 atom stereocenters. The molecule has 3 aliphatic heterocycles. The summed E-state index contributed by atoms with van der Waals surface area (Å²) in [5.74, 6) is 0. The van der Waals surface area contributed by atoms with Crippen LogP contribution in [0, 0.1) is 0 Å². The van der Waals surface area contributed by atoms with Crippen molar-refractivity contribution in [3.8, 4) is 0 Å². The lowest BCUT2D eigenvalue weighted by Crippen LogP contribution is -2.66. The van der Waals surface area contributed by atoms with Crippen molar-refractivity contribution >= 4 is 5.69 Å². The zero-order chi connectivity index (χ0) is 11.1. The smallest absolute Gasteiger partial charge is 0.0314 e. The molecular formula is C13H19N3. The van der Waals surface area contributed by atoms with Crippen molar-refractivity contribution in [2.24, 2.45) is 0 Å². The average Bonchev–Trinajstić information content (AvgIpc) is 2.32. The molecule has 3 fully saturated rings. The first kappa shape index (κ1) is 10.1. The third-order valence-corrected chi connectivity index (χ3v) is 4.02. The van der Waals surface area contributed by atoms with E-state index in [9.17, 15) is 0 Å². The van der Waals surface area contributed by atoms with Crippen LogP contribution < -0.4 is 5.73 Å². The molecule has 2 bridgehead atoms. The van der Waals surface area contributed by atoms with E-state index in [4.69, 9.17) is 5.73 Å². The second-order valence-electron chi connectivity index (χ2n) is 5.14. The highest BCUT2D eigenvalue weighted by Gasteiger charge is 2.41. The Kier molecular flexibility index (Phi) is 2.37. The molecule has 3 aliphatic rings. The van der Waals surface area contributed by atoms with Crippen molar-refractivity contribution < 1.29 is 0 Å². The summed E-state index contributed by atoms with van der Waals surface area (Å²) in [6, 6.07) is 9.86. The number of nitrogen functional groups attached to an aromatic ring is 1. The number of piperazine rings is 1. The SMILES string of the molecule is CN1C2CC1CN(Cc1ccc(N)cc1)C2. The van der Waals surface area contributed by atoms with Gasteiger partial charge in [-0.1, -0.05) is 12.1 Å². The van der Waals surface area contributed by atoms with E-state index in [2.05, 4.69) is 29.0 Å². The molecule has 3 heterocycles. The summed E-state index contributed by atoms with van der Waals surface area (Å²) in [6.07, 6.45) is 1.40. The number of nitrogens with two attached hydrogens (primary N) is 1. The fourth-order valence-corrected chi connectivity index (χ4v) is 2.89. The molecule has 1 aromatic carbocycles. The van der Waals surface area contributed by atoms with Gasteiger partial charge in [0, 0.05) is 37.4 Å². The summed E-state index contributed by atoms with van der Waals surface area (Å²) < 4.78 is 0. The summed E-state index contributed by atoms with van der Waals surface area (Å²) in [6.45, 7) is 3.51. The highest BCUT2D eigenvalue weighted by atomic mass is 15.3. The topological polar surface area (TPSA) is 32.5 Å². The molecule has 0 aromatic heterocycles. The van der Waals surface area contributed by atoms with Gasteiger partial charge in [-0.15, -0.1) is 0 Å². The Hall–Kier alpha value is -1.06. The van der Waals surface area contributed by atoms with E-state index in [1.807, 2.05) is 12.1 Å². The Bertz CT molecular complexity index is 361. The third-order valence-electron chi connectivity index (χ3n) is 4.02. The van der Waals surface area contributed by atoms with Crippen LogP contribution in [0.1, 0.15) is 12.0 Å². The highest BCUT2D eigenvalue weighted by molar-refractivity contribution is 5.39. The van der Waals surface area contributed by atoms with Gasteiger partial charge in [0.15, 0.2) is 0 Å². The zero-order valence-electron chi connectivity index (χ0n) is 9.76. The Morgan fingerprint density at radius 2 is 1.81 bits per heavy atom. The van der Waals surface area contributed by atoms with Crippen LogP contribution in [-0.2, 0) is 6.54 Å². The number of nitrogens with zero attached hydrogens (tertiary/aromatic N) is 2. The van der Waals surface area contributed by atoms with E-state index in [0.29, 0.717) is 0 Å². The minimum atomic E-state index is 0.799. The molecule has 2 unspecified atom stereocenters. The van der Waals surface area contributed by atoms with Crippen LogP contribution in [0.3, 0.4) is 0 Å². The first-order chi connectivity index (χ1) is 7.72. The summed E-state index contributed by atoms with van der Waals surface area (Å²) in [5, 5.41) is 0. The second kappa shape index (κ2) is 3.75. The largest absolute Gasteiger partial charge is 0.399 e. The third kappa shape index (κ3) is 1.70. The molecule has 0 radical (unpaired) electrons. The quantitative estimate of drug-likeness (QED) is 0.754. The zero-order valence-corrected chi connectivity index (χ0v) is 9.76. The van der Waals surface area contributed by atoms with Crippen molar-refractivity contribution in [1.82, 2.24) is 9.80 Å². The van der Waals surface area contributed by atoms with E-state index < -0.39 is 0 Å². The molecule has 2 N–H and O–H groups in total. The minimum absolute atomic E-state index is 0.799. The fraction of sp³-hybridized carbons (Fsp3) is 0.538. The van der Waals surface area contributed by atoms with E-state index in [1.165, 1.54) is 25.1 Å². The normalized spacial score (nSPS) is 30.1. The molecule has 0 aliphatic carbocycles.